The predicted octanol–water partition coefficient (Wildman–Crippen LogP) is 5.28. The first-order valence-electron chi connectivity index (χ1n) is 7.64. The molecule has 2 heterocycles. The Morgan fingerprint density at radius 2 is 1.70 bits per heavy atom. The highest BCUT2D eigenvalue weighted by molar-refractivity contribution is 5.91. The van der Waals surface area contributed by atoms with Crippen LogP contribution in [0.2, 0.25) is 0 Å². The number of benzene rings is 2. The molecule has 0 saturated carbocycles. The summed E-state index contributed by atoms with van der Waals surface area (Å²) in [5.74, 6) is 1.04. The van der Waals surface area contributed by atoms with Gasteiger partial charge in [-0.1, -0.05) is 18.2 Å². The van der Waals surface area contributed by atoms with Gasteiger partial charge in [-0.2, -0.15) is 0 Å². The van der Waals surface area contributed by atoms with Crippen LogP contribution in [0, 0.1) is 20.8 Å². The van der Waals surface area contributed by atoms with Gasteiger partial charge in [0.25, 0.3) is 0 Å². The van der Waals surface area contributed by atoms with Crippen molar-refractivity contribution in [2.75, 3.05) is 0 Å². The zero-order chi connectivity index (χ0) is 16.1. The molecule has 4 rings (SSSR count). The SMILES string of the molecule is Cc1ccc2c(C)c(-c3ccc4c(O)ccc(C)c4n3)oc2c1. The van der Waals surface area contributed by atoms with Crippen LogP contribution < -0.4 is 0 Å². The number of rotatable bonds is 1. The molecule has 0 amide bonds. The summed E-state index contributed by atoms with van der Waals surface area (Å²) in [4.78, 5) is 4.73. The number of aryl methyl sites for hydroxylation is 3. The monoisotopic (exact) mass is 303 g/mol. The Morgan fingerprint density at radius 1 is 0.913 bits per heavy atom. The van der Waals surface area contributed by atoms with Gasteiger partial charge in [-0.05, 0) is 56.2 Å². The molecule has 0 aliphatic carbocycles. The molecule has 0 aliphatic rings. The van der Waals surface area contributed by atoms with Crippen molar-refractivity contribution in [1.29, 1.82) is 0 Å². The summed E-state index contributed by atoms with van der Waals surface area (Å²) in [5, 5.41) is 11.9. The molecular formula is C20H17NO2. The van der Waals surface area contributed by atoms with E-state index in [2.05, 4.69) is 26.0 Å². The zero-order valence-electron chi connectivity index (χ0n) is 13.3. The fraction of sp³-hybridized carbons (Fsp3) is 0.150. The van der Waals surface area contributed by atoms with Crippen molar-refractivity contribution in [3.63, 3.8) is 0 Å². The highest BCUT2D eigenvalue weighted by Crippen LogP contribution is 2.34. The molecule has 4 aromatic rings. The summed E-state index contributed by atoms with van der Waals surface area (Å²) in [6, 6.07) is 13.6. The lowest BCUT2D eigenvalue weighted by molar-refractivity contribution is 0.481. The van der Waals surface area contributed by atoms with Gasteiger partial charge in [0, 0.05) is 16.3 Å². The summed E-state index contributed by atoms with van der Waals surface area (Å²) < 4.78 is 6.06. The third-order valence-electron chi connectivity index (χ3n) is 4.36. The predicted molar refractivity (Wildman–Crippen MR) is 92.8 cm³/mol. The Labute approximate surface area is 134 Å². The van der Waals surface area contributed by atoms with Gasteiger partial charge in [0.1, 0.15) is 17.0 Å². The maximum atomic E-state index is 9.99. The van der Waals surface area contributed by atoms with Crippen molar-refractivity contribution in [2.24, 2.45) is 0 Å². The average molecular weight is 303 g/mol. The van der Waals surface area contributed by atoms with E-state index in [-0.39, 0.29) is 5.75 Å². The minimum absolute atomic E-state index is 0.251. The van der Waals surface area contributed by atoms with E-state index >= 15 is 0 Å². The van der Waals surface area contributed by atoms with Gasteiger partial charge < -0.3 is 9.52 Å². The molecule has 0 saturated heterocycles. The van der Waals surface area contributed by atoms with Crippen LogP contribution in [0.3, 0.4) is 0 Å². The van der Waals surface area contributed by atoms with Crippen molar-refractivity contribution < 1.29 is 9.52 Å². The van der Waals surface area contributed by atoms with E-state index in [0.29, 0.717) is 0 Å². The number of hydrogen-bond acceptors (Lipinski definition) is 3. The highest BCUT2D eigenvalue weighted by Gasteiger charge is 2.15. The Kier molecular flexibility index (Phi) is 2.91. The van der Waals surface area contributed by atoms with E-state index in [4.69, 9.17) is 9.40 Å². The van der Waals surface area contributed by atoms with E-state index in [1.165, 1.54) is 5.56 Å². The molecular weight excluding hydrogens is 286 g/mol. The van der Waals surface area contributed by atoms with Crippen molar-refractivity contribution in [2.45, 2.75) is 20.8 Å². The minimum Gasteiger partial charge on any atom is -0.507 e. The molecule has 0 bridgehead atoms. The number of aromatic nitrogens is 1. The Balaban J connectivity index is 1.99. The fourth-order valence-corrected chi connectivity index (χ4v) is 3.04. The quantitative estimate of drug-likeness (QED) is 0.520. The molecule has 0 spiro atoms. The fourth-order valence-electron chi connectivity index (χ4n) is 3.04. The van der Waals surface area contributed by atoms with Crippen LogP contribution in [-0.2, 0) is 0 Å². The van der Waals surface area contributed by atoms with E-state index in [1.54, 1.807) is 6.07 Å². The van der Waals surface area contributed by atoms with Gasteiger partial charge in [-0.15, -0.1) is 0 Å². The lowest BCUT2D eigenvalue weighted by Crippen LogP contribution is -1.88. The lowest BCUT2D eigenvalue weighted by atomic mass is 10.1. The van der Waals surface area contributed by atoms with Crippen molar-refractivity contribution in [3.8, 4) is 17.2 Å². The van der Waals surface area contributed by atoms with Crippen LogP contribution in [0.4, 0.5) is 0 Å². The molecule has 0 atom stereocenters. The molecule has 0 unspecified atom stereocenters. The summed E-state index contributed by atoms with van der Waals surface area (Å²) in [7, 11) is 0. The number of pyridine rings is 1. The number of phenolic OH excluding ortho intramolecular Hbond substituents is 1. The normalized spacial score (nSPS) is 11.4. The van der Waals surface area contributed by atoms with Gasteiger partial charge in [0.05, 0.1) is 5.52 Å². The van der Waals surface area contributed by atoms with Gasteiger partial charge >= 0.3 is 0 Å². The third kappa shape index (κ3) is 2.08. The smallest absolute Gasteiger partial charge is 0.156 e. The molecule has 2 aromatic carbocycles. The Hall–Kier alpha value is -2.81. The van der Waals surface area contributed by atoms with Crippen molar-refractivity contribution in [1.82, 2.24) is 4.98 Å². The topological polar surface area (TPSA) is 46.3 Å². The first-order chi connectivity index (χ1) is 11.0. The number of nitrogens with zero attached hydrogens (tertiary/aromatic N) is 1. The first kappa shape index (κ1) is 13.8. The molecule has 1 N–H and O–H groups in total. The largest absolute Gasteiger partial charge is 0.507 e. The second-order valence-electron chi connectivity index (χ2n) is 6.05. The number of phenols is 1. The van der Waals surface area contributed by atoms with Gasteiger partial charge in [0.2, 0.25) is 0 Å². The molecule has 0 fully saturated rings. The van der Waals surface area contributed by atoms with Gasteiger partial charge in [0.15, 0.2) is 5.76 Å². The van der Waals surface area contributed by atoms with Crippen molar-refractivity contribution >= 4 is 21.9 Å². The Morgan fingerprint density at radius 3 is 2.52 bits per heavy atom. The Bertz CT molecular complexity index is 1060. The van der Waals surface area contributed by atoms with Gasteiger partial charge in [-0.3, -0.25) is 0 Å². The number of fused-ring (bicyclic) bond motifs is 2. The van der Waals surface area contributed by atoms with Crippen molar-refractivity contribution in [3.05, 3.63) is 59.2 Å². The van der Waals surface area contributed by atoms with Crippen LogP contribution >= 0.6 is 0 Å². The molecule has 114 valence electrons. The van der Waals surface area contributed by atoms with Crippen LogP contribution in [-0.4, -0.2) is 10.1 Å². The average Bonchev–Trinajstić information content (AvgIpc) is 2.87. The number of furan rings is 1. The number of hydrogen-bond donors (Lipinski definition) is 1. The maximum absolute atomic E-state index is 9.99. The van der Waals surface area contributed by atoms with Gasteiger partial charge in [-0.25, -0.2) is 4.98 Å². The lowest BCUT2D eigenvalue weighted by Gasteiger charge is -2.06. The molecule has 2 aromatic heterocycles. The standard InChI is InChI=1S/C20H17NO2/c1-11-4-6-14-13(3)20(23-18(14)10-11)16-8-7-15-17(22)9-5-12(2)19(15)21-16/h4-10,22H,1-3H3. The third-order valence-corrected chi connectivity index (χ3v) is 4.36. The van der Waals surface area contributed by atoms with E-state index in [0.717, 1.165) is 44.5 Å². The highest BCUT2D eigenvalue weighted by atomic mass is 16.3. The molecule has 3 nitrogen and oxygen atoms in total. The molecule has 23 heavy (non-hydrogen) atoms. The van der Waals surface area contributed by atoms with E-state index in [9.17, 15) is 5.11 Å². The summed E-state index contributed by atoms with van der Waals surface area (Å²) in [6.07, 6.45) is 0. The molecule has 3 heteroatoms. The minimum atomic E-state index is 0.251. The molecule has 0 aliphatic heterocycles. The van der Waals surface area contributed by atoms with Crippen LogP contribution in [0.1, 0.15) is 16.7 Å². The summed E-state index contributed by atoms with van der Waals surface area (Å²) in [6.45, 7) is 6.10. The van der Waals surface area contributed by atoms with E-state index in [1.807, 2.05) is 31.2 Å². The van der Waals surface area contributed by atoms with Crippen LogP contribution in [0.25, 0.3) is 33.3 Å². The zero-order valence-corrected chi connectivity index (χ0v) is 13.3. The molecule has 0 radical (unpaired) electrons. The maximum Gasteiger partial charge on any atom is 0.156 e. The second kappa shape index (κ2) is 4.85. The van der Waals surface area contributed by atoms with E-state index < -0.39 is 0 Å². The number of aromatic hydroxyl groups is 1. The summed E-state index contributed by atoms with van der Waals surface area (Å²) in [5.41, 5.74) is 5.77. The second-order valence-corrected chi connectivity index (χ2v) is 6.05. The van der Waals surface area contributed by atoms with Crippen LogP contribution in [0.15, 0.2) is 46.9 Å². The van der Waals surface area contributed by atoms with Crippen LogP contribution in [0.5, 0.6) is 5.75 Å². The first-order valence-corrected chi connectivity index (χ1v) is 7.64. The summed E-state index contributed by atoms with van der Waals surface area (Å²) >= 11 is 0.